The molecule has 8 heteroatoms. The van der Waals surface area contributed by atoms with E-state index in [1.165, 1.54) is 4.90 Å². The quantitative estimate of drug-likeness (QED) is 0.654. The number of nitrogens with one attached hydrogen (secondary N) is 2. The fraction of sp³-hybridized carbons (Fsp3) is 0.500. The van der Waals surface area contributed by atoms with Gasteiger partial charge in [-0.25, -0.2) is 0 Å². The molecule has 4 N–H and O–H groups in total. The number of likely N-dealkylation sites (tertiary alicyclic amines) is 1. The Kier molecular flexibility index (Phi) is 3.91. The Morgan fingerprint density at radius 2 is 1.86 bits per heavy atom. The number of carbonyl (C=O) groups is 4. The van der Waals surface area contributed by atoms with Crippen molar-refractivity contribution in [3.8, 4) is 0 Å². The fourth-order valence-corrected chi connectivity index (χ4v) is 4.97. The third-order valence-electron chi connectivity index (χ3n) is 5.99. The number of anilines is 1. The molecule has 3 aliphatic rings. The number of hydrogen-bond acceptors (Lipinski definition) is 5. The summed E-state index contributed by atoms with van der Waals surface area (Å²) >= 11 is 0. The average Bonchev–Trinajstić information content (AvgIpc) is 3.17. The third-order valence-corrected chi connectivity index (χ3v) is 5.99. The maximum Gasteiger partial charge on any atom is 0.250 e. The summed E-state index contributed by atoms with van der Waals surface area (Å²) in [6.07, 6.45) is 0.349. The van der Waals surface area contributed by atoms with Crippen LogP contribution in [0, 0.1) is 11.8 Å². The minimum atomic E-state index is -1.32. The van der Waals surface area contributed by atoms with E-state index in [9.17, 15) is 19.2 Å². The molecule has 2 saturated heterocycles. The van der Waals surface area contributed by atoms with Crippen LogP contribution in [0.4, 0.5) is 5.69 Å². The molecule has 4 rings (SSSR count). The number of nitrogens with two attached hydrogens (primary N) is 1. The molecule has 3 heterocycles. The van der Waals surface area contributed by atoms with Crippen molar-refractivity contribution in [1.82, 2.24) is 10.2 Å². The first-order valence-electron chi connectivity index (χ1n) is 9.44. The van der Waals surface area contributed by atoms with Gasteiger partial charge in [-0.3, -0.25) is 29.4 Å². The molecular formula is C20H24N4O4. The summed E-state index contributed by atoms with van der Waals surface area (Å²) in [5.41, 5.74) is 4.57. The molecule has 4 amide bonds. The zero-order chi connectivity index (χ0) is 20.4. The molecule has 1 spiro atoms. The second kappa shape index (κ2) is 5.88. The summed E-state index contributed by atoms with van der Waals surface area (Å²) in [7, 11) is 0. The van der Waals surface area contributed by atoms with Gasteiger partial charge in [-0.05, 0) is 33.3 Å². The summed E-state index contributed by atoms with van der Waals surface area (Å²) in [5.74, 6) is -3.08. The molecule has 0 radical (unpaired) electrons. The molecule has 148 valence electrons. The topological polar surface area (TPSA) is 122 Å². The molecule has 3 aliphatic heterocycles. The van der Waals surface area contributed by atoms with Crippen molar-refractivity contribution in [1.29, 1.82) is 0 Å². The van der Waals surface area contributed by atoms with Crippen LogP contribution >= 0.6 is 0 Å². The van der Waals surface area contributed by atoms with E-state index in [0.29, 0.717) is 11.3 Å². The Hall–Kier alpha value is -2.74. The maximum absolute atomic E-state index is 13.4. The zero-order valence-electron chi connectivity index (χ0n) is 16.1. The third kappa shape index (κ3) is 2.33. The molecule has 0 unspecified atom stereocenters. The van der Waals surface area contributed by atoms with Crippen molar-refractivity contribution in [2.24, 2.45) is 17.6 Å². The van der Waals surface area contributed by atoms with E-state index >= 15 is 0 Å². The van der Waals surface area contributed by atoms with Gasteiger partial charge in [0.1, 0.15) is 5.54 Å². The number of amides is 4. The summed E-state index contributed by atoms with van der Waals surface area (Å²) in [6.45, 7) is 5.39. The summed E-state index contributed by atoms with van der Waals surface area (Å²) in [5, 5.41) is 6.12. The van der Waals surface area contributed by atoms with Crippen molar-refractivity contribution >= 4 is 29.3 Å². The molecule has 0 aromatic heterocycles. The van der Waals surface area contributed by atoms with Gasteiger partial charge in [-0.2, -0.15) is 0 Å². The highest BCUT2D eigenvalue weighted by Gasteiger charge is 2.71. The molecule has 1 aromatic rings. The standard InChI is InChI=1S/C20H24N4O4/c1-19(2,3)24-16(26)14-12(8-9-13(21)25)23-20(15(14)17(24)27)10-6-4-5-7-11(10)22-18(20)28/h4-7,12,14-15,23H,8-9H2,1-3H3,(H2,21,25)(H,22,28)/t12-,14-,15+,20-/m1/s1. The highest BCUT2D eigenvalue weighted by Crippen LogP contribution is 2.54. The molecule has 0 aliphatic carbocycles. The van der Waals surface area contributed by atoms with Crippen LogP contribution in [0.25, 0.3) is 0 Å². The number of carbonyl (C=O) groups excluding carboxylic acids is 4. The van der Waals surface area contributed by atoms with E-state index in [1.54, 1.807) is 45.0 Å². The predicted molar refractivity (Wildman–Crippen MR) is 101 cm³/mol. The minimum absolute atomic E-state index is 0.0667. The van der Waals surface area contributed by atoms with E-state index < -0.39 is 34.9 Å². The summed E-state index contributed by atoms with van der Waals surface area (Å²) in [4.78, 5) is 52.5. The Labute approximate surface area is 162 Å². The van der Waals surface area contributed by atoms with Crippen molar-refractivity contribution < 1.29 is 19.2 Å². The Morgan fingerprint density at radius 3 is 2.50 bits per heavy atom. The van der Waals surface area contributed by atoms with Gasteiger partial charge < -0.3 is 11.1 Å². The van der Waals surface area contributed by atoms with Gasteiger partial charge in [0.15, 0.2) is 0 Å². The van der Waals surface area contributed by atoms with Crippen molar-refractivity contribution in [3.63, 3.8) is 0 Å². The lowest BCUT2D eigenvalue weighted by Crippen LogP contribution is -2.55. The van der Waals surface area contributed by atoms with E-state index in [0.717, 1.165) is 0 Å². The monoisotopic (exact) mass is 384 g/mol. The van der Waals surface area contributed by atoms with Crippen LogP contribution in [-0.4, -0.2) is 40.1 Å². The van der Waals surface area contributed by atoms with Crippen LogP contribution in [0.3, 0.4) is 0 Å². The lowest BCUT2D eigenvalue weighted by atomic mass is 9.76. The van der Waals surface area contributed by atoms with Crippen LogP contribution in [-0.2, 0) is 24.7 Å². The molecule has 4 atom stereocenters. The van der Waals surface area contributed by atoms with Crippen molar-refractivity contribution in [2.75, 3.05) is 5.32 Å². The highest BCUT2D eigenvalue weighted by atomic mass is 16.2. The second-order valence-corrected chi connectivity index (χ2v) is 8.75. The number of imide groups is 1. The van der Waals surface area contributed by atoms with Gasteiger partial charge in [0.25, 0.3) is 0 Å². The Balaban J connectivity index is 1.86. The molecule has 2 fully saturated rings. The highest BCUT2D eigenvalue weighted by molar-refractivity contribution is 6.15. The lowest BCUT2D eigenvalue weighted by molar-refractivity contribution is -0.148. The minimum Gasteiger partial charge on any atom is -0.370 e. The van der Waals surface area contributed by atoms with E-state index in [-0.39, 0.29) is 30.6 Å². The molecule has 28 heavy (non-hydrogen) atoms. The predicted octanol–water partition coefficient (Wildman–Crippen LogP) is 0.471. The Bertz CT molecular complexity index is 906. The van der Waals surface area contributed by atoms with Crippen LogP contribution in [0.5, 0.6) is 0 Å². The van der Waals surface area contributed by atoms with Crippen LogP contribution in [0.2, 0.25) is 0 Å². The fourth-order valence-electron chi connectivity index (χ4n) is 4.97. The lowest BCUT2D eigenvalue weighted by Gasteiger charge is -2.34. The van der Waals surface area contributed by atoms with E-state index in [4.69, 9.17) is 5.73 Å². The normalized spacial score (nSPS) is 31.3. The van der Waals surface area contributed by atoms with Gasteiger partial charge >= 0.3 is 0 Å². The first kappa shape index (κ1) is 18.6. The molecule has 0 bridgehead atoms. The molecular weight excluding hydrogens is 360 g/mol. The van der Waals surface area contributed by atoms with Crippen molar-refractivity contribution in [2.45, 2.75) is 50.7 Å². The average molecular weight is 384 g/mol. The van der Waals surface area contributed by atoms with Gasteiger partial charge in [-0.1, -0.05) is 18.2 Å². The first-order valence-corrected chi connectivity index (χ1v) is 9.44. The number of hydrogen-bond donors (Lipinski definition) is 3. The number of para-hydroxylation sites is 1. The number of benzene rings is 1. The maximum atomic E-state index is 13.4. The van der Waals surface area contributed by atoms with Crippen LogP contribution < -0.4 is 16.4 Å². The summed E-state index contributed by atoms with van der Waals surface area (Å²) in [6, 6.07) is 6.68. The van der Waals surface area contributed by atoms with Crippen molar-refractivity contribution in [3.05, 3.63) is 29.8 Å². The molecule has 8 nitrogen and oxygen atoms in total. The number of fused-ring (bicyclic) bond motifs is 4. The largest absolute Gasteiger partial charge is 0.370 e. The second-order valence-electron chi connectivity index (χ2n) is 8.75. The van der Waals surface area contributed by atoms with Gasteiger partial charge in [0.2, 0.25) is 23.6 Å². The van der Waals surface area contributed by atoms with Gasteiger partial charge in [0.05, 0.1) is 11.8 Å². The number of nitrogens with zero attached hydrogens (tertiary/aromatic N) is 1. The molecule has 1 aromatic carbocycles. The molecule has 0 saturated carbocycles. The van der Waals surface area contributed by atoms with Gasteiger partial charge in [0, 0.05) is 29.3 Å². The summed E-state index contributed by atoms with van der Waals surface area (Å²) < 4.78 is 0. The zero-order valence-corrected chi connectivity index (χ0v) is 16.1. The number of primary amides is 1. The number of rotatable bonds is 3. The Morgan fingerprint density at radius 1 is 1.18 bits per heavy atom. The van der Waals surface area contributed by atoms with Crippen LogP contribution in [0.15, 0.2) is 24.3 Å². The van der Waals surface area contributed by atoms with E-state index in [1.807, 2.05) is 0 Å². The smallest absolute Gasteiger partial charge is 0.250 e. The van der Waals surface area contributed by atoms with Crippen LogP contribution in [0.1, 0.15) is 39.2 Å². The first-order chi connectivity index (χ1) is 13.1. The van der Waals surface area contributed by atoms with E-state index in [2.05, 4.69) is 10.6 Å². The van der Waals surface area contributed by atoms with Gasteiger partial charge in [-0.15, -0.1) is 0 Å². The SMILES string of the molecule is CC(C)(C)N1C(=O)[C@H]2[C@@H](C1=O)[C@@]1(N[C@@H]2CCC(N)=O)C(=O)Nc2ccccc21.